The van der Waals surface area contributed by atoms with Crippen molar-refractivity contribution in [3.8, 4) is 0 Å². The molecule has 14 heavy (non-hydrogen) atoms. The molecular formula is C11H16N2O. The number of carbonyl (C=O) groups is 1. The van der Waals surface area contributed by atoms with Crippen LogP contribution in [0.5, 0.6) is 0 Å². The van der Waals surface area contributed by atoms with E-state index in [1.54, 1.807) is 0 Å². The van der Waals surface area contributed by atoms with Gasteiger partial charge in [-0.25, -0.2) is 0 Å². The molecule has 3 nitrogen and oxygen atoms in total. The van der Waals surface area contributed by atoms with Crippen LogP contribution >= 0.6 is 0 Å². The number of aryl methyl sites for hydroxylation is 2. The zero-order chi connectivity index (χ0) is 10.6. The maximum absolute atomic E-state index is 10.5. The van der Waals surface area contributed by atoms with Crippen LogP contribution in [0.4, 0.5) is 5.69 Å². The highest BCUT2D eigenvalue weighted by Gasteiger charge is 1.97. The van der Waals surface area contributed by atoms with E-state index in [9.17, 15) is 4.79 Å². The quantitative estimate of drug-likeness (QED) is 0.761. The van der Waals surface area contributed by atoms with E-state index in [0.29, 0.717) is 13.0 Å². The Hall–Kier alpha value is -1.51. The molecule has 0 atom stereocenters. The number of rotatable bonds is 4. The van der Waals surface area contributed by atoms with Gasteiger partial charge >= 0.3 is 0 Å². The second-order valence-electron chi connectivity index (χ2n) is 3.44. The number of nitrogens with one attached hydrogen (secondary N) is 1. The highest BCUT2D eigenvalue weighted by Crippen LogP contribution is 2.13. The average Bonchev–Trinajstić information content (AvgIpc) is 2.10. The first kappa shape index (κ1) is 10.6. The molecule has 0 aromatic heterocycles. The summed E-state index contributed by atoms with van der Waals surface area (Å²) in [4.78, 5) is 10.5. The number of nitrogens with two attached hydrogens (primary N) is 1. The van der Waals surface area contributed by atoms with Crippen molar-refractivity contribution in [1.29, 1.82) is 0 Å². The summed E-state index contributed by atoms with van der Waals surface area (Å²) in [6.07, 6.45) is 0.368. The zero-order valence-corrected chi connectivity index (χ0v) is 8.63. The second kappa shape index (κ2) is 4.65. The standard InChI is InChI=1S/C11H16N2O/c1-8-3-4-10(7-9(8)2)13-6-5-11(12)14/h3-4,7,13H,5-6H2,1-2H3,(H2,12,14). The predicted octanol–water partition coefficient (Wildman–Crippen LogP) is 1.59. The predicted molar refractivity (Wildman–Crippen MR) is 58.2 cm³/mol. The number of primary amides is 1. The van der Waals surface area contributed by atoms with Crippen molar-refractivity contribution in [1.82, 2.24) is 0 Å². The Morgan fingerprint density at radius 3 is 2.64 bits per heavy atom. The molecule has 0 aliphatic heterocycles. The van der Waals surface area contributed by atoms with Crippen LogP contribution in [0.15, 0.2) is 18.2 Å². The lowest BCUT2D eigenvalue weighted by atomic mass is 10.1. The summed E-state index contributed by atoms with van der Waals surface area (Å²) < 4.78 is 0. The van der Waals surface area contributed by atoms with Gasteiger partial charge in [0.05, 0.1) is 0 Å². The zero-order valence-electron chi connectivity index (χ0n) is 8.63. The van der Waals surface area contributed by atoms with Gasteiger partial charge in [-0.1, -0.05) is 6.07 Å². The first-order chi connectivity index (χ1) is 6.59. The molecule has 3 heteroatoms. The van der Waals surface area contributed by atoms with Gasteiger partial charge in [0.15, 0.2) is 0 Å². The van der Waals surface area contributed by atoms with Gasteiger partial charge in [0.25, 0.3) is 0 Å². The van der Waals surface area contributed by atoms with Crippen LogP contribution in [0.1, 0.15) is 17.5 Å². The molecule has 0 heterocycles. The molecule has 0 saturated carbocycles. The van der Waals surface area contributed by atoms with Crippen molar-refractivity contribution < 1.29 is 4.79 Å². The highest BCUT2D eigenvalue weighted by atomic mass is 16.1. The maximum atomic E-state index is 10.5. The third-order valence-corrected chi connectivity index (χ3v) is 2.21. The van der Waals surface area contributed by atoms with E-state index in [2.05, 4.69) is 31.3 Å². The van der Waals surface area contributed by atoms with Crippen molar-refractivity contribution in [2.24, 2.45) is 5.73 Å². The first-order valence-electron chi connectivity index (χ1n) is 4.69. The molecule has 0 aliphatic rings. The van der Waals surface area contributed by atoms with Gasteiger partial charge in [-0.05, 0) is 37.1 Å². The highest BCUT2D eigenvalue weighted by molar-refractivity contribution is 5.74. The van der Waals surface area contributed by atoms with Crippen molar-refractivity contribution >= 4 is 11.6 Å². The molecular weight excluding hydrogens is 176 g/mol. The van der Waals surface area contributed by atoms with Crippen molar-refractivity contribution in [3.05, 3.63) is 29.3 Å². The molecule has 0 spiro atoms. The maximum Gasteiger partial charge on any atom is 0.219 e. The SMILES string of the molecule is Cc1ccc(NCCC(N)=O)cc1C. The van der Waals surface area contributed by atoms with Crippen molar-refractivity contribution in [2.75, 3.05) is 11.9 Å². The number of amides is 1. The summed E-state index contributed by atoms with van der Waals surface area (Å²) in [7, 11) is 0. The van der Waals surface area contributed by atoms with Gasteiger partial charge in [-0.15, -0.1) is 0 Å². The lowest BCUT2D eigenvalue weighted by Crippen LogP contribution is -2.15. The Bertz CT molecular complexity index is 334. The molecule has 1 rings (SSSR count). The molecule has 0 unspecified atom stereocenters. The summed E-state index contributed by atoms with van der Waals surface area (Å²) in [5.41, 5.74) is 8.58. The largest absolute Gasteiger partial charge is 0.385 e. The van der Waals surface area contributed by atoms with E-state index in [4.69, 9.17) is 5.73 Å². The van der Waals surface area contributed by atoms with Crippen LogP contribution in [0.3, 0.4) is 0 Å². The Labute approximate surface area is 84.3 Å². The Balaban J connectivity index is 2.51. The molecule has 0 fully saturated rings. The van der Waals surface area contributed by atoms with Gasteiger partial charge in [-0.3, -0.25) is 4.79 Å². The molecule has 0 bridgehead atoms. The Morgan fingerprint density at radius 2 is 2.07 bits per heavy atom. The third kappa shape index (κ3) is 3.09. The minimum absolute atomic E-state index is 0.277. The normalized spacial score (nSPS) is 9.86. The smallest absolute Gasteiger partial charge is 0.219 e. The van der Waals surface area contributed by atoms with Gasteiger partial charge in [-0.2, -0.15) is 0 Å². The minimum atomic E-state index is -0.277. The molecule has 1 amide bonds. The summed E-state index contributed by atoms with van der Waals surface area (Å²) in [5.74, 6) is -0.277. The number of carbonyl (C=O) groups excluding carboxylic acids is 1. The molecule has 1 aromatic rings. The Morgan fingerprint density at radius 1 is 1.36 bits per heavy atom. The van der Waals surface area contributed by atoms with Gasteiger partial charge in [0.1, 0.15) is 0 Å². The van der Waals surface area contributed by atoms with Crippen LogP contribution in [0.25, 0.3) is 0 Å². The number of hydrogen-bond acceptors (Lipinski definition) is 2. The van der Waals surface area contributed by atoms with E-state index in [0.717, 1.165) is 5.69 Å². The molecule has 0 saturated heterocycles. The van der Waals surface area contributed by atoms with Gasteiger partial charge in [0, 0.05) is 18.7 Å². The van der Waals surface area contributed by atoms with Crippen molar-refractivity contribution in [2.45, 2.75) is 20.3 Å². The van der Waals surface area contributed by atoms with Crippen LogP contribution in [-0.4, -0.2) is 12.5 Å². The van der Waals surface area contributed by atoms with E-state index < -0.39 is 0 Å². The Kier molecular flexibility index (Phi) is 3.51. The van der Waals surface area contributed by atoms with Crippen molar-refractivity contribution in [3.63, 3.8) is 0 Å². The number of hydrogen-bond donors (Lipinski definition) is 2. The molecule has 1 aromatic carbocycles. The topological polar surface area (TPSA) is 55.1 Å². The van der Waals surface area contributed by atoms with Gasteiger partial charge in [0.2, 0.25) is 5.91 Å². The number of anilines is 1. The summed E-state index contributed by atoms with van der Waals surface area (Å²) in [6.45, 7) is 4.73. The fraction of sp³-hybridized carbons (Fsp3) is 0.364. The molecule has 0 aliphatic carbocycles. The van der Waals surface area contributed by atoms with Crippen LogP contribution in [-0.2, 0) is 4.79 Å². The molecule has 3 N–H and O–H groups in total. The fourth-order valence-corrected chi connectivity index (χ4v) is 1.18. The van der Waals surface area contributed by atoms with Crippen LogP contribution < -0.4 is 11.1 Å². The first-order valence-corrected chi connectivity index (χ1v) is 4.69. The van der Waals surface area contributed by atoms with E-state index in [-0.39, 0.29) is 5.91 Å². The van der Waals surface area contributed by atoms with Gasteiger partial charge < -0.3 is 11.1 Å². The van der Waals surface area contributed by atoms with E-state index in [1.165, 1.54) is 11.1 Å². The summed E-state index contributed by atoms with van der Waals surface area (Å²) in [6, 6.07) is 6.13. The summed E-state index contributed by atoms with van der Waals surface area (Å²) in [5, 5.41) is 3.14. The van der Waals surface area contributed by atoms with E-state index >= 15 is 0 Å². The summed E-state index contributed by atoms with van der Waals surface area (Å²) >= 11 is 0. The lowest BCUT2D eigenvalue weighted by Gasteiger charge is -2.07. The second-order valence-corrected chi connectivity index (χ2v) is 3.44. The van der Waals surface area contributed by atoms with Crippen LogP contribution in [0, 0.1) is 13.8 Å². The third-order valence-electron chi connectivity index (χ3n) is 2.21. The lowest BCUT2D eigenvalue weighted by molar-refractivity contribution is -0.117. The van der Waals surface area contributed by atoms with Crippen LogP contribution in [0.2, 0.25) is 0 Å². The average molecular weight is 192 g/mol. The fourth-order valence-electron chi connectivity index (χ4n) is 1.18. The van der Waals surface area contributed by atoms with E-state index in [1.807, 2.05) is 6.07 Å². The molecule has 0 radical (unpaired) electrons. The molecule has 76 valence electrons. The minimum Gasteiger partial charge on any atom is -0.385 e. The number of benzene rings is 1. The monoisotopic (exact) mass is 192 g/mol.